The molecule has 0 N–H and O–H groups in total. The van der Waals surface area contributed by atoms with Gasteiger partial charge in [0, 0.05) is 39.5 Å². The van der Waals surface area contributed by atoms with Crippen LogP contribution >= 0.6 is 0 Å². The summed E-state index contributed by atoms with van der Waals surface area (Å²) in [6, 6.07) is 53.5. The zero-order chi connectivity index (χ0) is 43.7. The van der Waals surface area contributed by atoms with Crippen molar-refractivity contribution in [2.24, 2.45) is 0 Å². The lowest BCUT2D eigenvalue weighted by atomic mass is 9.70. The van der Waals surface area contributed by atoms with Crippen LogP contribution in [0.2, 0.25) is 0 Å². The van der Waals surface area contributed by atoms with Gasteiger partial charge in [0.15, 0.2) is 0 Å². The van der Waals surface area contributed by atoms with Gasteiger partial charge in [-0.3, -0.25) is 0 Å². The van der Waals surface area contributed by atoms with Crippen LogP contribution in [0.3, 0.4) is 0 Å². The second-order valence-electron chi connectivity index (χ2n) is 17.7. The molecule has 0 unspecified atom stereocenters. The largest absolute Gasteiger partial charge is 0.497 e. The van der Waals surface area contributed by atoms with E-state index in [1.165, 1.54) is 136 Å². The Morgan fingerprint density at radius 2 is 0.667 bits per heavy atom. The molecule has 0 radical (unpaired) electrons. The third kappa shape index (κ3) is 11.2. The Morgan fingerprint density at radius 3 is 1.02 bits per heavy atom. The Bertz CT molecular complexity index is 2090. The number of ether oxygens (including phenoxy) is 2. The molecular formula is C59H72N2O2. The molecule has 330 valence electrons. The van der Waals surface area contributed by atoms with Crippen molar-refractivity contribution in [2.75, 3.05) is 24.0 Å². The zero-order valence-corrected chi connectivity index (χ0v) is 38.8. The first-order valence-corrected chi connectivity index (χ1v) is 24.4. The van der Waals surface area contributed by atoms with Crippen molar-refractivity contribution in [1.29, 1.82) is 0 Å². The van der Waals surface area contributed by atoms with Crippen LogP contribution < -0.4 is 19.3 Å². The van der Waals surface area contributed by atoms with Gasteiger partial charge in [0.2, 0.25) is 0 Å². The van der Waals surface area contributed by atoms with Crippen molar-refractivity contribution in [2.45, 2.75) is 135 Å². The van der Waals surface area contributed by atoms with Gasteiger partial charge in [0.05, 0.1) is 14.2 Å². The number of unbranched alkanes of at least 4 members (excludes halogenated alkanes) is 14. The molecule has 0 fully saturated rings. The molecule has 0 saturated carbocycles. The van der Waals surface area contributed by atoms with Crippen LogP contribution in [-0.2, 0) is 5.41 Å². The molecule has 0 heterocycles. The van der Waals surface area contributed by atoms with E-state index in [4.69, 9.17) is 9.47 Å². The fraction of sp³-hybridized carbons (Fsp3) is 0.390. The van der Waals surface area contributed by atoms with Gasteiger partial charge in [0.1, 0.15) is 11.5 Å². The van der Waals surface area contributed by atoms with E-state index >= 15 is 0 Å². The molecular weight excluding hydrogens is 769 g/mol. The minimum Gasteiger partial charge on any atom is -0.497 e. The Morgan fingerprint density at radius 1 is 0.349 bits per heavy atom. The minimum absolute atomic E-state index is 0.119. The van der Waals surface area contributed by atoms with Gasteiger partial charge in [-0.25, -0.2) is 0 Å². The summed E-state index contributed by atoms with van der Waals surface area (Å²) in [4.78, 5) is 4.85. The Kier molecular flexibility index (Phi) is 16.8. The topological polar surface area (TPSA) is 24.9 Å². The third-order valence-corrected chi connectivity index (χ3v) is 13.4. The highest BCUT2D eigenvalue weighted by Crippen LogP contribution is 2.57. The molecule has 0 spiro atoms. The van der Waals surface area contributed by atoms with Crippen molar-refractivity contribution in [1.82, 2.24) is 0 Å². The van der Waals surface area contributed by atoms with Crippen LogP contribution in [0.15, 0.2) is 146 Å². The molecule has 6 aromatic rings. The first kappa shape index (κ1) is 45.5. The highest BCUT2D eigenvalue weighted by Gasteiger charge is 2.43. The molecule has 4 heteroatoms. The van der Waals surface area contributed by atoms with Crippen molar-refractivity contribution < 1.29 is 9.47 Å². The fourth-order valence-electron chi connectivity index (χ4n) is 10.0. The smallest absolute Gasteiger partial charge is 0.119 e. The number of hydrogen-bond acceptors (Lipinski definition) is 4. The molecule has 1 aliphatic carbocycles. The van der Waals surface area contributed by atoms with E-state index in [9.17, 15) is 0 Å². The van der Waals surface area contributed by atoms with E-state index in [1.807, 2.05) is 0 Å². The van der Waals surface area contributed by atoms with E-state index in [0.717, 1.165) is 47.1 Å². The summed E-state index contributed by atoms with van der Waals surface area (Å²) in [5.41, 5.74) is 12.6. The van der Waals surface area contributed by atoms with Gasteiger partial charge in [-0.1, -0.05) is 165 Å². The van der Waals surface area contributed by atoms with Crippen molar-refractivity contribution in [3.63, 3.8) is 0 Å². The molecule has 0 aliphatic heterocycles. The quantitative estimate of drug-likeness (QED) is 0.0508. The molecule has 7 rings (SSSR count). The number of methoxy groups -OCH3 is 2. The Labute approximate surface area is 380 Å². The minimum atomic E-state index is -0.119. The van der Waals surface area contributed by atoms with E-state index < -0.39 is 0 Å². The summed E-state index contributed by atoms with van der Waals surface area (Å²) < 4.78 is 11.2. The van der Waals surface area contributed by atoms with Gasteiger partial charge in [-0.2, -0.15) is 0 Å². The summed E-state index contributed by atoms with van der Waals surface area (Å²) in [5, 5.41) is 0. The highest BCUT2D eigenvalue weighted by atomic mass is 16.5. The lowest BCUT2D eigenvalue weighted by molar-refractivity contribution is 0.397. The third-order valence-electron chi connectivity index (χ3n) is 13.4. The summed E-state index contributed by atoms with van der Waals surface area (Å²) in [6.45, 7) is 4.62. The number of fused-ring (bicyclic) bond motifs is 3. The van der Waals surface area contributed by atoms with Crippen LogP contribution in [0.1, 0.15) is 141 Å². The number of rotatable bonds is 26. The molecule has 0 amide bonds. The first-order valence-electron chi connectivity index (χ1n) is 24.4. The lowest BCUT2D eigenvalue weighted by Gasteiger charge is -2.35. The number of anilines is 6. The van der Waals surface area contributed by atoms with Crippen LogP contribution in [0.25, 0.3) is 11.1 Å². The van der Waals surface area contributed by atoms with Gasteiger partial charge in [-0.05, 0) is 132 Å². The van der Waals surface area contributed by atoms with Gasteiger partial charge in [-0.15, -0.1) is 0 Å². The average Bonchev–Trinajstić information content (AvgIpc) is 3.60. The van der Waals surface area contributed by atoms with Crippen LogP contribution in [0.5, 0.6) is 11.5 Å². The highest BCUT2D eigenvalue weighted by molar-refractivity contribution is 5.88. The van der Waals surface area contributed by atoms with Crippen LogP contribution in [0, 0.1) is 0 Å². The molecule has 0 aromatic heterocycles. The number of benzene rings is 6. The standard InChI is InChI=1S/C59H72N2O2/c1-5-7-9-11-13-15-17-25-43-59(44-26-18-16-14-12-10-8-6-2)57-45-51(60(47-27-21-19-22-28-47)49-31-37-53(62-3)38-32-49)35-41-55(57)56-42-36-52(46-58(56)59)61(48-29-23-20-24-30-48)50-33-39-54(63-4)40-34-50/h19-24,27-42,45-46H,5-18,25-26,43-44H2,1-4H3. The first-order chi connectivity index (χ1) is 31.1. The van der Waals surface area contributed by atoms with Crippen molar-refractivity contribution >= 4 is 34.1 Å². The number of hydrogen-bond donors (Lipinski definition) is 0. The Hall–Kier alpha value is -5.48. The van der Waals surface area contributed by atoms with E-state index in [2.05, 4.69) is 169 Å². The maximum absolute atomic E-state index is 5.61. The summed E-state index contributed by atoms with van der Waals surface area (Å²) in [5.74, 6) is 1.72. The number of nitrogens with zero attached hydrogens (tertiary/aromatic N) is 2. The monoisotopic (exact) mass is 841 g/mol. The molecule has 0 bridgehead atoms. The SMILES string of the molecule is CCCCCCCCCCC1(CCCCCCCCCC)c2cc(N(c3ccccc3)c3ccc(OC)cc3)ccc2-c2ccc(N(c3ccccc3)c3ccc(OC)cc3)cc21. The van der Waals surface area contributed by atoms with E-state index in [0.29, 0.717) is 0 Å². The van der Waals surface area contributed by atoms with Crippen LogP contribution in [-0.4, -0.2) is 14.2 Å². The predicted octanol–water partition coefficient (Wildman–Crippen LogP) is 18.0. The molecule has 0 atom stereocenters. The molecule has 4 nitrogen and oxygen atoms in total. The lowest BCUT2D eigenvalue weighted by Crippen LogP contribution is -2.26. The van der Waals surface area contributed by atoms with Gasteiger partial charge < -0.3 is 19.3 Å². The van der Waals surface area contributed by atoms with Crippen LogP contribution in [0.4, 0.5) is 34.1 Å². The molecule has 6 aromatic carbocycles. The second-order valence-corrected chi connectivity index (χ2v) is 17.7. The summed E-state index contributed by atoms with van der Waals surface area (Å²) in [7, 11) is 3.48. The number of para-hydroxylation sites is 2. The Balaban J connectivity index is 1.34. The fourth-order valence-corrected chi connectivity index (χ4v) is 10.0. The summed E-state index contributed by atoms with van der Waals surface area (Å²) in [6.07, 6.45) is 23.3. The average molecular weight is 841 g/mol. The molecule has 1 aliphatic rings. The van der Waals surface area contributed by atoms with Gasteiger partial charge >= 0.3 is 0 Å². The van der Waals surface area contributed by atoms with Gasteiger partial charge in [0.25, 0.3) is 0 Å². The van der Waals surface area contributed by atoms with E-state index in [-0.39, 0.29) is 5.41 Å². The maximum atomic E-state index is 5.61. The second kappa shape index (κ2) is 23.3. The normalized spacial score (nSPS) is 12.4. The molecule has 63 heavy (non-hydrogen) atoms. The van der Waals surface area contributed by atoms with Crippen molar-refractivity contribution in [3.05, 3.63) is 157 Å². The van der Waals surface area contributed by atoms with E-state index in [1.54, 1.807) is 14.2 Å². The van der Waals surface area contributed by atoms with Crippen molar-refractivity contribution in [3.8, 4) is 22.6 Å². The summed E-state index contributed by atoms with van der Waals surface area (Å²) >= 11 is 0. The maximum Gasteiger partial charge on any atom is 0.119 e. The predicted molar refractivity (Wildman–Crippen MR) is 270 cm³/mol. The zero-order valence-electron chi connectivity index (χ0n) is 38.8. The molecule has 0 saturated heterocycles.